The van der Waals surface area contributed by atoms with Gasteiger partial charge in [0.1, 0.15) is 11.4 Å². The molecule has 0 aliphatic heterocycles. The minimum atomic E-state index is -4.07. The lowest BCUT2D eigenvalue weighted by atomic mass is 10.1. The van der Waals surface area contributed by atoms with E-state index in [4.69, 9.17) is 5.73 Å². The summed E-state index contributed by atoms with van der Waals surface area (Å²) in [6.45, 7) is 0.121. The molecule has 9 nitrogen and oxygen atoms in total. The number of H-pyrrole nitrogens is 1. The van der Waals surface area contributed by atoms with Gasteiger partial charge in [-0.05, 0) is 60.2 Å². The summed E-state index contributed by atoms with van der Waals surface area (Å²) in [7, 11) is -4.07. The van der Waals surface area contributed by atoms with E-state index in [1.807, 2.05) is 6.07 Å². The van der Waals surface area contributed by atoms with E-state index in [0.717, 1.165) is 10.1 Å². The van der Waals surface area contributed by atoms with Gasteiger partial charge >= 0.3 is 5.69 Å². The molecule has 42 heavy (non-hydrogen) atoms. The van der Waals surface area contributed by atoms with Crippen molar-refractivity contribution in [2.45, 2.75) is 11.4 Å². The number of hydrogen-bond donors (Lipinski definition) is 2. The second-order valence-electron chi connectivity index (χ2n) is 9.80. The molecule has 0 atom stereocenters. The van der Waals surface area contributed by atoms with Crippen molar-refractivity contribution >= 4 is 59.0 Å². The second kappa shape index (κ2) is 10.6. The SMILES string of the molecule is Nc1cccc(Cn2c(C(=O)CS(=O)(=O)c3ccccc3)c(-n3c(=O)[nH]c4ccccc4c3=O)c3cc(Br)ccc32)c1. The second-order valence-corrected chi connectivity index (χ2v) is 12.7. The molecule has 11 heteroatoms. The Morgan fingerprint density at radius 2 is 1.60 bits per heavy atom. The van der Waals surface area contributed by atoms with Crippen LogP contribution in [0.3, 0.4) is 0 Å². The summed E-state index contributed by atoms with van der Waals surface area (Å²) >= 11 is 3.46. The average molecular weight is 644 g/mol. The monoisotopic (exact) mass is 642 g/mol. The zero-order valence-corrected chi connectivity index (χ0v) is 24.4. The number of halogens is 1. The van der Waals surface area contributed by atoms with E-state index in [0.29, 0.717) is 26.6 Å². The molecule has 4 aromatic carbocycles. The van der Waals surface area contributed by atoms with Crippen molar-refractivity contribution in [1.29, 1.82) is 0 Å². The maximum Gasteiger partial charge on any atom is 0.333 e. The molecule has 0 aliphatic rings. The Morgan fingerprint density at radius 1 is 0.857 bits per heavy atom. The van der Waals surface area contributed by atoms with E-state index in [1.165, 1.54) is 12.1 Å². The summed E-state index contributed by atoms with van der Waals surface area (Å²) < 4.78 is 29.9. The Morgan fingerprint density at radius 3 is 2.36 bits per heavy atom. The van der Waals surface area contributed by atoms with Crippen LogP contribution in [0.15, 0.2) is 116 Å². The van der Waals surface area contributed by atoms with Gasteiger partial charge in [-0.1, -0.05) is 58.4 Å². The normalized spacial score (nSPS) is 11.7. The largest absolute Gasteiger partial charge is 0.399 e. The van der Waals surface area contributed by atoms with Crippen molar-refractivity contribution in [3.63, 3.8) is 0 Å². The number of fused-ring (bicyclic) bond motifs is 2. The van der Waals surface area contributed by atoms with Crippen LogP contribution in [0.1, 0.15) is 16.1 Å². The summed E-state index contributed by atoms with van der Waals surface area (Å²) in [5.41, 5.74) is 6.64. The van der Waals surface area contributed by atoms with E-state index in [1.54, 1.807) is 83.4 Å². The van der Waals surface area contributed by atoms with E-state index in [9.17, 15) is 22.8 Å². The third-order valence-electron chi connectivity index (χ3n) is 7.01. The first-order chi connectivity index (χ1) is 20.1. The summed E-state index contributed by atoms with van der Waals surface area (Å²) in [5.74, 6) is -1.65. The maximum absolute atomic E-state index is 14.2. The van der Waals surface area contributed by atoms with E-state index >= 15 is 0 Å². The van der Waals surface area contributed by atoms with Crippen LogP contribution in [0, 0.1) is 0 Å². The van der Waals surface area contributed by atoms with Crippen LogP contribution < -0.4 is 17.0 Å². The molecule has 0 amide bonds. The number of aromatic nitrogens is 3. The summed E-state index contributed by atoms with van der Waals surface area (Å²) in [6, 6.07) is 26.5. The Hall–Kier alpha value is -4.74. The first kappa shape index (κ1) is 27.4. The number of nitrogen functional groups attached to an aromatic ring is 1. The van der Waals surface area contributed by atoms with Crippen LogP contribution in [0.5, 0.6) is 0 Å². The summed E-state index contributed by atoms with van der Waals surface area (Å²) in [6.07, 6.45) is 0. The number of rotatable bonds is 7. The third-order valence-corrected chi connectivity index (χ3v) is 9.13. The number of benzene rings is 4. The van der Waals surface area contributed by atoms with Gasteiger partial charge in [0.25, 0.3) is 5.56 Å². The zero-order valence-electron chi connectivity index (χ0n) is 22.0. The quantitative estimate of drug-likeness (QED) is 0.192. The van der Waals surface area contributed by atoms with Gasteiger partial charge in [0.15, 0.2) is 15.6 Å². The number of carbonyl (C=O) groups excluding carboxylic acids is 1. The molecule has 2 aromatic heterocycles. The molecule has 0 unspecified atom stereocenters. The van der Waals surface area contributed by atoms with Crippen LogP contribution in [0.25, 0.3) is 27.5 Å². The van der Waals surface area contributed by atoms with Crippen molar-refractivity contribution in [2.24, 2.45) is 0 Å². The zero-order chi connectivity index (χ0) is 29.6. The molecule has 0 spiro atoms. The van der Waals surface area contributed by atoms with Crippen LogP contribution in [0.4, 0.5) is 5.69 Å². The first-order valence-corrected chi connectivity index (χ1v) is 15.3. The van der Waals surface area contributed by atoms with Gasteiger partial charge in [0.2, 0.25) is 0 Å². The molecule has 0 fully saturated rings. The van der Waals surface area contributed by atoms with Crippen molar-refractivity contribution in [2.75, 3.05) is 11.5 Å². The highest BCUT2D eigenvalue weighted by atomic mass is 79.9. The van der Waals surface area contributed by atoms with E-state index in [-0.39, 0.29) is 28.2 Å². The number of para-hydroxylation sites is 1. The number of ketones is 1. The van der Waals surface area contributed by atoms with Gasteiger partial charge in [0, 0.05) is 22.1 Å². The first-order valence-electron chi connectivity index (χ1n) is 12.9. The predicted molar refractivity (Wildman–Crippen MR) is 166 cm³/mol. The van der Waals surface area contributed by atoms with Crippen LogP contribution >= 0.6 is 15.9 Å². The molecule has 0 bridgehead atoms. The number of Topliss-reactive ketones (excluding diaryl/α,β-unsaturated/α-hetero) is 1. The molecular weight excluding hydrogens is 620 g/mol. The molecule has 210 valence electrons. The number of aromatic amines is 1. The van der Waals surface area contributed by atoms with Crippen molar-refractivity contribution in [3.8, 4) is 5.69 Å². The number of hydrogen-bond acceptors (Lipinski definition) is 6. The van der Waals surface area contributed by atoms with Crippen LogP contribution in [0.2, 0.25) is 0 Å². The molecular formula is C31H23BrN4O5S. The number of nitrogens with two attached hydrogens (primary N) is 1. The van der Waals surface area contributed by atoms with Gasteiger partial charge in [-0.2, -0.15) is 0 Å². The lowest BCUT2D eigenvalue weighted by molar-refractivity contribution is 0.101. The molecule has 0 saturated heterocycles. The summed E-state index contributed by atoms with van der Waals surface area (Å²) in [5, 5.41) is 0.649. The molecule has 0 saturated carbocycles. The average Bonchev–Trinajstić information content (AvgIpc) is 3.26. The van der Waals surface area contributed by atoms with Gasteiger partial charge in [-0.15, -0.1) is 0 Å². The Balaban J connectivity index is 1.68. The number of nitrogens with one attached hydrogen (secondary N) is 1. The molecule has 0 radical (unpaired) electrons. The maximum atomic E-state index is 14.2. The highest BCUT2D eigenvalue weighted by Gasteiger charge is 2.30. The molecule has 3 N–H and O–H groups in total. The molecule has 6 rings (SSSR count). The van der Waals surface area contributed by atoms with Crippen molar-refractivity contribution < 1.29 is 13.2 Å². The fourth-order valence-corrected chi connectivity index (χ4v) is 6.76. The van der Waals surface area contributed by atoms with E-state index in [2.05, 4.69) is 20.9 Å². The lowest BCUT2D eigenvalue weighted by Gasteiger charge is -2.13. The van der Waals surface area contributed by atoms with Gasteiger partial charge in [-0.3, -0.25) is 9.59 Å². The fourth-order valence-electron chi connectivity index (χ4n) is 5.17. The van der Waals surface area contributed by atoms with Gasteiger partial charge in [0.05, 0.1) is 27.0 Å². The Labute approximate surface area is 247 Å². The minimum Gasteiger partial charge on any atom is -0.399 e. The van der Waals surface area contributed by atoms with Crippen molar-refractivity contribution in [3.05, 3.63) is 134 Å². The Bertz CT molecular complexity index is 2250. The third kappa shape index (κ3) is 4.86. The molecule has 6 aromatic rings. The number of carbonyl (C=O) groups is 1. The number of nitrogens with zero attached hydrogens (tertiary/aromatic N) is 2. The summed E-state index contributed by atoms with van der Waals surface area (Å²) in [4.78, 5) is 44.3. The van der Waals surface area contributed by atoms with Crippen molar-refractivity contribution in [1.82, 2.24) is 14.1 Å². The van der Waals surface area contributed by atoms with Crippen LogP contribution in [-0.2, 0) is 16.4 Å². The molecule has 0 aliphatic carbocycles. The standard InChI is InChI=1S/C31H23BrN4O5S/c32-20-13-14-26-24(16-20)28(36-30(38)23-11-4-5-12-25(23)34-31(36)39)29(35(26)17-19-7-6-8-21(33)15-19)27(37)18-42(40,41)22-9-2-1-3-10-22/h1-16H,17-18,33H2,(H,34,39). The smallest absolute Gasteiger partial charge is 0.333 e. The Kier molecular flexibility index (Phi) is 6.91. The van der Waals surface area contributed by atoms with Gasteiger partial charge < -0.3 is 15.3 Å². The number of anilines is 1. The van der Waals surface area contributed by atoms with E-state index < -0.39 is 32.6 Å². The molecule has 2 heterocycles. The fraction of sp³-hybridized carbons (Fsp3) is 0.0645. The van der Waals surface area contributed by atoms with Crippen LogP contribution in [-0.4, -0.2) is 34.1 Å². The van der Waals surface area contributed by atoms with Gasteiger partial charge in [-0.25, -0.2) is 17.8 Å². The number of sulfone groups is 1. The minimum absolute atomic E-state index is 0.000433. The lowest BCUT2D eigenvalue weighted by Crippen LogP contribution is -2.35. The highest BCUT2D eigenvalue weighted by Crippen LogP contribution is 2.33. The highest BCUT2D eigenvalue weighted by molar-refractivity contribution is 9.10. The predicted octanol–water partition coefficient (Wildman–Crippen LogP) is 4.68. The topological polar surface area (TPSA) is 137 Å².